The van der Waals surface area contributed by atoms with E-state index in [2.05, 4.69) is 24.5 Å². The molecule has 2 rings (SSSR count). The van der Waals surface area contributed by atoms with Crippen LogP contribution in [0.15, 0.2) is 0 Å². The second-order valence-corrected chi connectivity index (χ2v) is 6.78. The average Bonchev–Trinajstić information content (AvgIpc) is 2.48. The Bertz CT molecular complexity index is 389. The molecule has 3 N–H and O–H groups in total. The quantitative estimate of drug-likeness (QED) is 0.740. The van der Waals surface area contributed by atoms with Crippen molar-refractivity contribution >= 4 is 11.9 Å². The molecule has 2 aliphatic rings. The van der Waals surface area contributed by atoms with Gasteiger partial charge in [-0.05, 0) is 56.9 Å². The molecule has 1 amide bonds. The van der Waals surface area contributed by atoms with Gasteiger partial charge in [-0.15, -0.1) is 0 Å². The van der Waals surface area contributed by atoms with Gasteiger partial charge < -0.3 is 15.7 Å². The third-order valence-corrected chi connectivity index (χ3v) is 5.36. The summed E-state index contributed by atoms with van der Waals surface area (Å²) in [5.41, 5.74) is -1.05. The van der Waals surface area contributed by atoms with E-state index in [0.717, 1.165) is 38.6 Å². The second-order valence-electron chi connectivity index (χ2n) is 6.78. The van der Waals surface area contributed by atoms with Crippen molar-refractivity contribution in [3.63, 3.8) is 0 Å². The summed E-state index contributed by atoms with van der Waals surface area (Å²) in [6.45, 7) is 5.03. The summed E-state index contributed by atoms with van der Waals surface area (Å²) in [6, 6.07) is -0.251. The third-order valence-electron chi connectivity index (χ3n) is 5.36. The Kier molecular flexibility index (Phi) is 5.25. The number of carbonyl (C=O) groups excluding carboxylic acids is 1. The van der Waals surface area contributed by atoms with Crippen LogP contribution in [-0.2, 0) is 9.59 Å². The first-order valence-electron chi connectivity index (χ1n) is 8.27. The zero-order chi connectivity index (χ0) is 15.5. The largest absolute Gasteiger partial charge is 0.480 e. The van der Waals surface area contributed by atoms with Gasteiger partial charge in [-0.1, -0.05) is 20.3 Å². The monoisotopic (exact) mass is 296 g/mol. The van der Waals surface area contributed by atoms with E-state index in [9.17, 15) is 14.7 Å². The first kappa shape index (κ1) is 16.3. The summed E-state index contributed by atoms with van der Waals surface area (Å²) in [6.07, 6.45) is 6.05. The van der Waals surface area contributed by atoms with E-state index in [-0.39, 0.29) is 17.9 Å². The molecule has 21 heavy (non-hydrogen) atoms. The number of aliphatic carboxylic acids is 1. The number of piperidine rings is 1. The summed E-state index contributed by atoms with van der Waals surface area (Å²) in [5, 5.41) is 15.7. The van der Waals surface area contributed by atoms with Gasteiger partial charge in [-0.3, -0.25) is 4.79 Å². The lowest BCUT2D eigenvalue weighted by Gasteiger charge is -2.39. The van der Waals surface area contributed by atoms with Crippen molar-refractivity contribution in [3.8, 4) is 0 Å². The van der Waals surface area contributed by atoms with Crippen LogP contribution in [-0.4, -0.2) is 35.1 Å². The zero-order valence-corrected chi connectivity index (χ0v) is 13.2. The van der Waals surface area contributed by atoms with Crippen molar-refractivity contribution in [2.24, 2.45) is 11.8 Å². The van der Waals surface area contributed by atoms with Crippen LogP contribution in [0.3, 0.4) is 0 Å². The molecule has 1 heterocycles. The van der Waals surface area contributed by atoms with Gasteiger partial charge in [-0.2, -0.15) is 0 Å². The number of carboxylic acids is 1. The van der Waals surface area contributed by atoms with Gasteiger partial charge in [0.2, 0.25) is 5.91 Å². The van der Waals surface area contributed by atoms with Crippen molar-refractivity contribution in [2.45, 2.75) is 70.4 Å². The van der Waals surface area contributed by atoms with Crippen LogP contribution in [0, 0.1) is 11.8 Å². The Morgan fingerprint density at radius 3 is 2.48 bits per heavy atom. The first-order chi connectivity index (χ1) is 9.98. The molecule has 0 aromatic rings. The van der Waals surface area contributed by atoms with Gasteiger partial charge in [0.25, 0.3) is 0 Å². The summed E-state index contributed by atoms with van der Waals surface area (Å²) < 4.78 is 0. The van der Waals surface area contributed by atoms with Crippen LogP contribution >= 0.6 is 0 Å². The topological polar surface area (TPSA) is 78.4 Å². The lowest BCUT2D eigenvalue weighted by Crippen LogP contribution is -2.61. The van der Waals surface area contributed by atoms with Gasteiger partial charge in [0.1, 0.15) is 5.54 Å². The fourth-order valence-electron chi connectivity index (χ4n) is 3.69. The molecule has 2 fully saturated rings. The van der Waals surface area contributed by atoms with E-state index >= 15 is 0 Å². The lowest BCUT2D eigenvalue weighted by molar-refractivity contribution is -0.150. The molecule has 2 atom stereocenters. The number of hydrogen-bond donors (Lipinski definition) is 3. The molecule has 1 aliphatic carbocycles. The third kappa shape index (κ3) is 3.57. The van der Waals surface area contributed by atoms with Gasteiger partial charge >= 0.3 is 5.97 Å². The maximum absolute atomic E-state index is 12.5. The standard InChI is InChI=1S/C16H28N2O3/c1-3-12-6-8-16(9-7-12,15(20)21)18-14(19)13-11(2)5-4-10-17-13/h11-13,17H,3-10H2,1-2H3,(H,18,19)(H,20,21). The molecule has 5 nitrogen and oxygen atoms in total. The van der Waals surface area contributed by atoms with Crippen molar-refractivity contribution in [2.75, 3.05) is 6.54 Å². The van der Waals surface area contributed by atoms with Crippen molar-refractivity contribution in [1.82, 2.24) is 10.6 Å². The zero-order valence-electron chi connectivity index (χ0n) is 13.2. The minimum atomic E-state index is -1.05. The maximum atomic E-state index is 12.5. The van der Waals surface area contributed by atoms with Crippen LogP contribution in [0.5, 0.6) is 0 Å². The molecule has 0 radical (unpaired) electrons. The SMILES string of the molecule is CCC1CCC(NC(=O)C2NCCCC2C)(C(=O)O)CC1. The van der Waals surface area contributed by atoms with Gasteiger partial charge in [-0.25, -0.2) is 4.79 Å². The van der Waals surface area contributed by atoms with Crippen LogP contribution in [0.25, 0.3) is 0 Å². The Morgan fingerprint density at radius 2 is 1.95 bits per heavy atom. The summed E-state index contributed by atoms with van der Waals surface area (Å²) in [5.74, 6) is -0.161. The normalized spacial score (nSPS) is 37.0. The maximum Gasteiger partial charge on any atom is 0.329 e. The Morgan fingerprint density at radius 1 is 1.29 bits per heavy atom. The lowest BCUT2D eigenvalue weighted by atomic mass is 9.75. The molecule has 0 aromatic heterocycles. The summed E-state index contributed by atoms with van der Waals surface area (Å²) in [4.78, 5) is 24.2. The van der Waals surface area contributed by atoms with Gasteiger partial charge in [0.15, 0.2) is 0 Å². The highest BCUT2D eigenvalue weighted by Crippen LogP contribution is 2.34. The highest BCUT2D eigenvalue weighted by Gasteiger charge is 2.44. The average molecular weight is 296 g/mol. The first-order valence-corrected chi connectivity index (χ1v) is 8.27. The van der Waals surface area contributed by atoms with E-state index in [0.29, 0.717) is 18.8 Å². The van der Waals surface area contributed by atoms with Gasteiger partial charge in [0, 0.05) is 0 Å². The molecule has 5 heteroatoms. The number of carboxylic acid groups (broad SMARTS) is 1. The predicted octanol–water partition coefficient (Wildman–Crippen LogP) is 1.91. The highest BCUT2D eigenvalue weighted by molar-refractivity contribution is 5.90. The predicted molar refractivity (Wildman–Crippen MR) is 80.9 cm³/mol. The Labute approximate surface area is 126 Å². The number of carbonyl (C=O) groups is 2. The van der Waals surface area contributed by atoms with Gasteiger partial charge in [0.05, 0.1) is 6.04 Å². The van der Waals surface area contributed by atoms with Crippen LogP contribution < -0.4 is 10.6 Å². The molecule has 0 bridgehead atoms. The minimum Gasteiger partial charge on any atom is -0.480 e. The van der Waals surface area contributed by atoms with Crippen molar-refractivity contribution < 1.29 is 14.7 Å². The van der Waals surface area contributed by atoms with E-state index < -0.39 is 11.5 Å². The van der Waals surface area contributed by atoms with E-state index in [1.165, 1.54) is 0 Å². The molecule has 0 spiro atoms. The fourth-order valence-corrected chi connectivity index (χ4v) is 3.69. The van der Waals surface area contributed by atoms with E-state index in [4.69, 9.17) is 0 Å². The molecule has 0 aromatic carbocycles. The number of nitrogens with one attached hydrogen (secondary N) is 2. The Hall–Kier alpha value is -1.10. The number of rotatable bonds is 4. The Balaban J connectivity index is 2.03. The minimum absolute atomic E-state index is 0.139. The van der Waals surface area contributed by atoms with Crippen LogP contribution in [0.4, 0.5) is 0 Å². The second kappa shape index (κ2) is 6.77. The molecular formula is C16H28N2O3. The summed E-state index contributed by atoms with van der Waals surface area (Å²) >= 11 is 0. The number of hydrogen-bond acceptors (Lipinski definition) is 3. The molecule has 120 valence electrons. The molecule has 1 aliphatic heterocycles. The molecule has 1 saturated carbocycles. The highest BCUT2D eigenvalue weighted by atomic mass is 16.4. The molecule has 2 unspecified atom stereocenters. The molecular weight excluding hydrogens is 268 g/mol. The smallest absolute Gasteiger partial charge is 0.329 e. The van der Waals surface area contributed by atoms with Crippen LogP contribution in [0.1, 0.15) is 58.8 Å². The van der Waals surface area contributed by atoms with Crippen molar-refractivity contribution in [1.29, 1.82) is 0 Å². The summed E-state index contributed by atoms with van der Waals surface area (Å²) in [7, 11) is 0. The van der Waals surface area contributed by atoms with E-state index in [1.807, 2.05) is 0 Å². The van der Waals surface area contributed by atoms with E-state index in [1.54, 1.807) is 0 Å². The molecule has 1 saturated heterocycles. The van der Waals surface area contributed by atoms with Crippen molar-refractivity contribution in [3.05, 3.63) is 0 Å². The van der Waals surface area contributed by atoms with Crippen LogP contribution in [0.2, 0.25) is 0 Å². The number of amides is 1. The fraction of sp³-hybridized carbons (Fsp3) is 0.875.